The van der Waals surface area contributed by atoms with E-state index in [4.69, 9.17) is 0 Å². The molecule has 0 amide bonds. The number of halogens is 2. The van der Waals surface area contributed by atoms with Gasteiger partial charge in [-0.25, -0.2) is 0 Å². The van der Waals surface area contributed by atoms with Gasteiger partial charge >= 0.3 is 0 Å². The molecule has 0 bridgehead atoms. The zero-order valence-electron chi connectivity index (χ0n) is 8.58. The van der Waals surface area contributed by atoms with Crippen LogP contribution in [0.15, 0.2) is 40.0 Å². The third kappa shape index (κ3) is 1.90. The van der Waals surface area contributed by atoms with Gasteiger partial charge in [0.2, 0.25) is 0 Å². The lowest BCUT2D eigenvalue weighted by atomic mass is 9.80. The Labute approximate surface area is 123 Å². The summed E-state index contributed by atoms with van der Waals surface area (Å²) in [6.45, 7) is 0. The summed E-state index contributed by atoms with van der Waals surface area (Å²) in [5, 5.41) is 0. The molecule has 2 aliphatic carbocycles. The van der Waals surface area contributed by atoms with Crippen LogP contribution in [0.5, 0.6) is 0 Å². The first kappa shape index (κ1) is 11.0. The van der Waals surface area contributed by atoms with Gasteiger partial charge < -0.3 is 0 Å². The van der Waals surface area contributed by atoms with E-state index in [0.717, 1.165) is 6.42 Å². The minimum Gasteiger partial charge on any atom is -0.0760 e. The molecule has 2 aliphatic rings. The van der Waals surface area contributed by atoms with Crippen LogP contribution in [0.1, 0.15) is 17.5 Å². The Kier molecular flexibility index (Phi) is 2.96. The first-order valence-electron chi connectivity index (χ1n) is 5.28. The van der Waals surface area contributed by atoms with E-state index in [0.29, 0.717) is 5.92 Å². The zero-order chi connectivity index (χ0) is 11.1. The van der Waals surface area contributed by atoms with E-state index in [1.165, 1.54) is 23.9 Å². The average molecular weight is 432 g/mol. The van der Waals surface area contributed by atoms with Gasteiger partial charge in [-0.3, -0.25) is 0 Å². The smallest absolute Gasteiger partial charge is 0.0136 e. The van der Waals surface area contributed by atoms with Gasteiger partial charge in [0, 0.05) is 9.49 Å². The zero-order valence-corrected chi connectivity index (χ0v) is 12.9. The number of fused-ring (bicyclic) bond motifs is 3. The Bertz CT molecular complexity index is 536. The number of benzene rings is 1. The normalized spacial score (nSPS) is 22.0. The van der Waals surface area contributed by atoms with Crippen LogP contribution in [0.25, 0.3) is 11.6 Å². The van der Waals surface area contributed by atoms with Crippen molar-refractivity contribution in [1.29, 1.82) is 0 Å². The average Bonchev–Trinajstić information content (AvgIpc) is 2.28. The van der Waals surface area contributed by atoms with Crippen LogP contribution in [-0.4, -0.2) is 0 Å². The standard InChI is InChI=1S/C14H10I2/c15-11-3-5-13-9(7-11)1-2-10-8-12(16)4-6-14(10)13/h1-7,10H,8H2. The van der Waals surface area contributed by atoms with Crippen LogP contribution >= 0.6 is 45.2 Å². The molecular weight excluding hydrogens is 422 g/mol. The highest BCUT2D eigenvalue weighted by Crippen LogP contribution is 2.40. The lowest BCUT2D eigenvalue weighted by Gasteiger charge is -2.25. The van der Waals surface area contributed by atoms with Crippen molar-refractivity contribution < 1.29 is 0 Å². The van der Waals surface area contributed by atoms with Crippen molar-refractivity contribution in [2.24, 2.45) is 5.92 Å². The van der Waals surface area contributed by atoms with Crippen LogP contribution < -0.4 is 0 Å². The third-order valence-corrected chi connectivity index (χ3v) is 4.56. The lowest BCUT2D eigenvalue weighted by Crippen LogP contribution is -2.08. The van der Waals surface area contributed by atoms with Crippen molar-refractivity contribution in [2.45, 2.75) is 6.42 Å². The summed E-state index contributed by atoms with van der Waals surface area (Å²) in [4.78, 5) is 0. The van der Waals surface area contributed by atoms with Crippen molar-refractivity contribution in [1.82, 2.24) is 0 Å². The summed E-state index contributed by atoms with van der Waals surface area (Å²) in [5.74, 6) is 0.587. The molecule has 0 radical (unpaired) electrons. The minimum absolute atomic E-state index is 0.587. The molecule has 1 aromatic carbocycles. The molecular formula is C14H10I2. The molecule has 16 heavy (non-hydrogen) atoms. The topological polar surface area (TPSA) is 0 Å². The van der Waals surface area contributed by atoms with Crippen molar-refractivity contribution in [3.05, 3.63) is 54.7 Å². The van der Waals surface area contributed by atoms with Crippen LogP contribution in [-0.2, 0) is 0 Å². The van der Waals surface area contributed by atoms with Crippen LogP contribution in [0, 0.1) is 9.49 Å². The molecule has 0 heterocycles. The Morgan fingerprint density at radius 3 is 2.88 bits per heavy atom. The number of allylic oxidation sites excluding steroid dienone is 5. The van der Waals surface area contributed by atoms with Gasteiger partial charge in [0.1, 0.15) is 0 Å². The van der Waals surface area contributed by atoms with Crippen molar-refractivity contribution in [2.75, 3.05) is 0 Å². The second-order valence-electron chi connectivity index (χ2n) is 4.14. The molecule has 0 spiro atoms. The maximum atomic E-state index is 2.43. The maximum absolute atomic E-state index is 2.43. The number of hydrogen-bond acceptors (Lipinski definition) is 0. The molecule has 0 aliphatic heterocycles. The molecule has 0 aromatic heterocycles. The largest absolute Gasteiger partial charge is 0.0760 e. The van der Waals surface area contributed by atoms with Crippen molar-refractivity contribution >= 4 is 56.8 Å². The van der Waals surface area contributed by atoms with Crippen molar-refractivity contribution in [3.63, 3.8) is 0 Å². The monoisotopic (exact) mass is 432 g/mol. The van der Waals surface area contributed by atoms with E-state index in [2.05, 4.69) is 87.7 Å². The van der Waals surface area contributed by atoms with Crippen LogP contribution in [0.2, 0.25) is 0 Å². The second kappa shape index (κ2) is 4.29. The van der Waals surface area contributed by atoms with E-state index >= 15 is 0 Å². The SMILES string of the molecule is IC1=CC=C2c3ccc(I)cc3C=CC2C1. The van der Waals surface area contributed by atoms with Gasteiger partial charge in [-0.15, -0.1) is 0 Å². The highest BCUT2D eigenvalue weighted by atomic mass is 127. The fourth-order valence-electron chi connectivity index (χ4n) is 2.31. The van der Waals surface area contributed by atoms with E-state index in [9.17, 15) is 0 Å². The van der Waals surface area contributed by atoms with E-state index in [1.54, 1.807) is 0 Å². The first-order valence-corrected chi connectivity index (χ1v) is 7.44. The quantitative estimate of drug-likeness (QED) is 0.505. The molecule has 3 rings (SSSR count). The molecule has 0 saturated heterocycles. The van der Waals surface area contributed by atoms with Gasteiger partial charge in [0.05, 0.1) is 0 Å². The van der Waals surface area contributed by atoms with E-state index < -0.39 is 0 Å². The Morgan fingerprint density at radius 2 is 2.00 bits per heavy atom. The van der Waals surface area contributed by atoms with Gasteiger partial charge in [-0.1, -0.05) is 30.4 Å². The third-order valence-electron chi connectivity index (χ3n) is 3.09. The van der Waals surface area contributed by atoms with Crippen LogP contribution in [0.3, 0.4) is 0 Å². The predicted octanol–water partition coefficient (Wildman–Crippen LogP) is 5.04. The second-order valence-corrected chi connectivity index (χ2v) is 6.77. The Hall–Kier alpha value is -0.100. The predicted molar refractivity (Wildman–Crippen MR) is 86.4 cm³/mol. The van der Waals surface area contributed by atoms with E-state index in [-0.39, 0.29) is 0 Å². The maximum Gasteiger partial charge on any atom is 0.0136 e. The van der Waals surface area contributed by atoms with Gasteiger partial charge in [-0.05, 0) is 84.0 Å². The molecule has 1 aromatic rings. The molecule has 1 unspecified atom stereocenters. The molecule has 2 heteroatoms. The minimum atomic E-state index is 0.587. The van der Waals surface area contributed by atoms with Gasteiger partial charge in [0.25, 0.3) is 0 Å². The molecule has 1 atom stereocenters. The lowest BCUT2D eigenvalue weighted by molar-refractivity contribution is 0.838. The molecule has 0 nitrogen and oxygen atoms in total. The highest BCUT2D eigenvalue weighted by Gasteiger charge is 2.22. The number of rotatable bonds is 0. The van der Waals surface area contributed by atoms with Gasteiger partial charge in [-0.2, -0.15) is 0 Å². The Morgan fingerprint density at radius 1 is 1.12 bits per heavy atom. The molecule has 0 N–H and O–H groups in total. The van der Waals surface area contributed by atoms with Crippen LogP contribution in [0.4, 0.5) is 0 Å². The summed E-state index contributed by atoms with van der Waals surface area (Å²) in [6.07, 6.45) is 10.3. The number of hydrogen-bond donors (Lipinski definition) is 0. The van der Waals surface area contributed by atoms with E-state index in [1.807, 2.05) is 0 Å². The molecule has 0 fully saturated rings. The first-order chi connectivity index (χ1) is 7.74. The Balaban J connectivity index is 2.17. The summed E-state index contributed by atoms with van der Waals surface area (Å²) in [7, 11) is 0. The summed E-state index contributed by atoms with van der Waals surface area (Å²) in [6, 6.07) is 6.71. The van der Waals surface area contributed by atoms with Gasteiger partial charge in [0.15, 0.2) is 0 Å². The summed E-state index contributed by atoms with van der Waals surface area (Å²) >= 11 is 4.80. The fourth-order valence-corrected chi connectivity index (χ4v) is 3.48. The summed E-state index contributed by atoms with van der Waals surface area (Å²) in [5.41, 5.74) is 4.25. The highest BCUT2D eigenvalue weighted by molar-refractivity contribution is 14.1. The fraction of sp³-hybridized carbons (Fsp3) is 0.143. The van der Waals surface area contributed by atoms with Crippen molar-refractivity contribution in [3.8, 4) is 0 Å². The molecule has 0 saturated carbocycles. The summed E-state index contributed by atoms with van der Waals surface area (Å²) < 4.78 is 2.76. The molecule has 80 valence electrons.